The van der Waals surface area contributed by atoms with Crippen LogP contribution in [0.5, 0.6) is 0 Å². The zero-order valence-electron chi connectivity index (χ0n) is 15.9. The van der Waals surface area contributed by atoms with Gasteiger partial charge in [-0.3, -0.25) is 9.59 Å². The van der Waals surface area contributed by atoms with Gasteiger partial charge in [0, 0.05) is 12.0 Å². The van der Waals surface area contributed by atoms with E-state index in [9.17, 15) is 14.4 Å². The van der Waals surface area contributed by atoms with Crippen molar-refractivity contribution >= 4 is 17.9 Å². The molecule has 0 N–H and O–H groups in total. The normalized spacial score (nSPS) is 10.4. The second-order valence-electron chi connectivity index (χ2n) is 6.42. The van der Waals surface area contributed by atoms with Gasteiger partial charge in [-0.05, 0) is 30.9 Å². The quantitative estimate of drug-likeness (QED) is 0.282. The van der Waals surface area contributed by atoms with Gasteiger partial charge in [0.1, 0.15) is 5.92 Å². The molecule has 0 aliphatic heterocycles. The first kappa shape index (κ1) is 21.1. The van der Waals surface area contributed by atoms with E-state index in [4.69, 9.17) is 9.47 Å². The summed E-state index contributed by atoms with van der Waals surface area (Å²) in [6.45, 7) is 5.26. The molecule has 0 aliphatic rings. The standard InChI is InChI=1S/C23H24O5/c1-17(2)22(25)27-16-10-9-15-20(24)28-23(26)21(18-11-5-3-6-12-18)19-13-7-4-8-14-19/h3-8,11-14,21H,1,9-10,15-16H2,2H3. The van der Waals surface area contributed by atoms with Gasteiger partial charge in [0.05, 0.1) is 6.61 Å². The highest BCUT2D eigenvalue weighted by Gasteiger charge is 2.26. The summed E-state index contributed by atoms with van der Waals surface area (Å²) < 4.78 is 10.1. The first-order chi connectivity index (χ1) is 13.5. The Bertz CT molecular complexity index is 772. The fraction of sp³-hybridized carbons (Fsp3) is 0.261. The maximum atomic E-state index is 12.7. The highest BCUT2D eigenvalue weighted by molar-refractivity contribution is 5.91. The van der Waals surface area contributed by atoms with E-state index in [-0.39, 0.29) is 13.0 Å². The Labute approximate surface area is 165 Å². The second kappa shape index (κ2) is 10.8. The van der Waals surface area contributed by atoms with Crippen molar-refractivity contribution in [2.24, 2.45) is 0 Å². The summed E-state index contributed by atoms with van der Waals surface area (Å²) in [5.74, 6) is -2.31. The maximum Gasteiger partial charge on any atom is 0.333 e. The minimum atomic E-state index is -0.664. The Balaban J connectivity index is 1.90. The lowest BCUT2D eigenvalue weighted by molar-refractivity contribution is -0.160. The van der Waals surface area contributed by atoms with Crippen LogP contribution < -0.4 is 0 Å². The number of esters is 3. The molecule has 0 atom stereocenters. The molecule has 0 heterocycles. The molecule has 2 rings (SSSR count). The molecule has 28 heavy (non-hydrogen) atoms. The highest BCUT2D eigenvalue weighted by atomic mass is 16.6. The molecule has 0 fully saturated rings. The Hall–Kier alpha value is -3.21. The van der Waals surface area contributed by atoms with Crippen molar-refractivity contribution in [3.63, 3.8) is 0 Å². The summed E-state index contributed by atoms with van der Waals surface area (Å²) in [6.07, 6.45) is 1.03. The fourth-order valence-electron chi connectivity index (χ4n) is 2.64. The van der Waals surface area contributed by atoms with Crippen molar-refractivity contribution < 1.29 is 23.9 Å². The molecule has 0 saturated heterocycles. The third-order valence-electron chi connectivity index (χ3n) is 4.07. The maximum absolute atomic E-state index is 12.7. The molecule has 2 aromatic carbocycles. The number of carbonyl (C=O) groups excluding carboxylic acids is 3. The van der Waals surface area contributed by atoms with Crippen LogP contribution in [0.4, 0.5) is 0 Å². The number of hydrogen-bond acceptors (Lipinski definition) is 5. The lowest BCUT2D eigenvalue weighted by Gasteiger charge is -2.16. The summed E-state index contributed by atoms with van der Waals surface area (Å²) in [5, 5.41) is 0. The van der Waals surface area contributed by atoms with Gasteiger partial charge in [0.15, 0.2) is 0 Å². The smallest absolute Gasteiger partial charge is 0.333 e. The van der Waals surface area contributed by atoms with Crippen LogP contribution in [0.1, 0.15) is 43.2 Å². The van der Waals surface area contributed by atoms with E-state index in [0.29, 0.717) is 18.4 Å². The first-order valence-electron chi connectivity index (χ1n) is 9.16. The summed E-state index contributed by atoms with van der Waals surface area (Å²) >= 11 is 0. The van der Waals surface area contributed by atoms with E-state index in [2.05, 4.69) is 6.58 Å². The summed E-state index contributed by atoms with van der Waals surface area (Å²) in [4.78, 5) is 36.0. The van der Waals surface area contributed by atoms with Gasteiger partial charge in [-0.15, -0.1) is 0 Å². The molecule has 5 heteroatoms. The molecule has 0 amide bonds. The molecule has 0 saturated carbocycles. The molecule has 0 unspecified atom stereocenters. The largest absolute Gasteiger partial charge is 0.462 e. The van der Waals surface area contributed by atoms with Gasteiger partial charge >= 0.3 is 17.9 Å². The zero-order chi connectivity index (χ0) is 20.4. The fourth-order valence-corrected chi connectivity index (χ4v) is 2.64. The van der Waals surface area contributed by atoms with Crippen molar-refractivity contribution in [1.82, 2.24) is 0 Å². The monoisotopic (exact) mass is 380 g/mol. The Morgan fingerprint density at radius 1 is 0.893 bits per heavy atom. The van der Waals surface area contributed by atoms with E-state index < -0.39 is 23.8 Å². The van der Waals surface area contributed by atoms with Gasteiger partial charge in [0.25, 0.3) is 0 Å². The lowest BCUT2D eigenvalue weighted by atomic mass is 9.91. The van der Waals surface area contributed by atoms with Crippen molar-refractivity contribution in [2.45, 2.75) is 32.1 Å². The third kappa shape index (κ3) is 6.50. The second-order valence-corrected chi connectivity index (χ2v) is 6.42. The molecular formula is C23H24O5. The van der Waals surface area contributed by atoms with Gasteiger partial charge in [0.2, 0.25) is 0 Å². The number of rotatable bonds is 9. The third-order valence-corrected chi connectivity index (χ3v) is 4.07. The van der Waals surface area contributed by atoms with Gasteiger partial charge < -0.3 is 9.47 Å². The summed E-state index contributed by atoms with van der Waals surface area (Å²) in [7, 11) is 0. The SMILES string of the molecule is C=C(C)C(=O)OCCCCC(=O)OC(=O)C(c1ccccc1)c1ccccc1. The molecule has 0 bridgehead atoms. The highest BCUT2D eigenvalue weighted by Crippen LogP contribution is 2.26. The van der Waals surface area contributed by atoms with Crippen LogP contribution in [0.15, 0.2) is 72.8 Å². The van der Waals surface area contributed by atoms with Crippen LogP contribution in [0.3, 0.4) is 0 Å². The molecule has 2 aromatic rings. The van der Waals surface area contributed by atoms with Gasteiger partial charge in [-0.1, -0.05) is 67.2 Å². The minimum absolute atomic E-state index is 0.0761. The average molecular weight is 380 g/mol. The van der Waals surface area contributed by atoms with E-state index in [1.165, 1.54) is 0 Å². The summed E-state index contributed by atoms with van der Waals surface area (Å²) in [5.41, 5.74) is 1.86. The molecule has 0 spiro atoms. The van der Waals surface area contributed by atoms with Crippen molar-refractivity contribution in [2.75, 3.05) is 6.61 Å². The molecule has 146 valence electrons. The Kier molecular flexibility index (Phi) is 8.15. The number of hydrogen-bond donors (Lipinski definition) is 0. The summed E-state index contributed by atoms with van der Waals surface area (Å²) in [6, 6.07) is 18.4. The minimum Gasteiger partial charge on any atom is -0.462 e. The van der Waals surface area contributed by atoms with Crippen LogP contribution in [-0.2, 0) is 23.9 Å². The molecule has 0 aliphatic carbocycles. The number of unbranched alkanes of at least 4 members (excludes halogenated alkanes) is 1. The lowest BCUT2D eigenvalue weighted by Crippen LogP contribution is -2.21. The topological polar surface area (TPSA) is 69.7 Å². The van der Waals surface area contributed by atoms with E-state index in [1.54, 1.807) is 6.92 Å². The number of benzene rings is 2. The van der Waals surface area contributed by atoms with Crippen LogP contribution in [0.25, 0.3) is 0 Å². The van der Waals surface area contributed by atoms with Crippen LogP contribution in [0, 0.1) is 0 Å². The van der Waals surface area contributed by atoms with Crippen molar-refractivity contribution in [3.05, 3.63) is 83.9 Å². The Morgan fingerprint density at radius 3 is 1.93 bits per heavy atom. The average Bonchev–Trinajstić information content (AvgIpc) is 2.69. The van der Waals surface area contributed by atoms with Crippen LogP contribution >= 0.6 is 0 Å². The van der Waals surface area contributed by atoms with Gasteiger partial charge in [-0.2, -0.15) is 0 Å². The zero-order valence-corrected chi connectivity index (χ0v) is 15.9. The molecule has 5 nitrogen and oxygen atoms in total. The predicted molar refractivity (Wildman–Crippen MR) is 105 cm³/mol. The van der Waals surface area contributed by atoms with Crippen molar-refractivity contribution in [3.8, 4) is 0 Å². The number of ether oxygens (including phenoxy) is 2. The first-order valence-corrected chi connectivity index (χ1v) is 9.16. The molecule has 0 radical (unpaired) electrons. The predicted octanol–water partition coefficient (Wildman–Crippen LogP) is 4.18. The van der Waals surface area contributed by atoms with E-state index in [0.717, 1.165) is 11.1 Å². The van der Waals surface area contributed by atoms with E-state index >= 15 is 0 Å². The number of carbonyl (C=O) groups is 3. The van der Waals surface area contributed by atoms with Crippen LogP contribution in [0.2, 0.25) is 0 Å². The molecular weight excluding hydrogens is 356 g/mol. The van der Waals surface area contributed by atoms with Crippen molar-refractivity contribution in [1.29, 1.82) is 0 Å². The van der Waals surface area contributed by atoms with Crippen LogP contribution in [-0.4, -0.2) is 24.5 Å². The Morgan fingerprint density at radius 2 is 1.43 bits per heavy atom. The molecule has 0 aromatic heterocycles. The van der Waals surface area contributed by atoms with E-state index in [1.807, 2.05) is 60.7 Å². The van der Waals surface area contributed by atoms with Gasteiger partial charge in [-0.25, -0.2) is 4.79 Å².